The Morgan fingerprint density at radius 1 is 1.10 bits per heavy atom. The predicted molar refractivity (Wildman–Crippen MR) is 112 cm³/mol. The van der Waals surface area contributed by atoms with Crippen molar-refractivity contribution in [2.45, 2.75) is 20.3 Å². The van der Waals surface area contributed by atoms with Gasteiger partial charge in [0, 0.05) is 29.8 Å². The van der Waals surface area contributed by atoms with E-state index in [1.165, 1.54) is 14.0 Å². The normalized spacial score (nSPS) is 10.6. The number of carbonyl (C=O) groups excluding carboxylic acids is 2. The van der Waals surface area contributed by atoms with E-state index in [9.17, 15) is 14.4 Å². The second-order valence-corrected chi connectivity index (χ2v) is 6.87. The second-order valence-electron chi connectivity index (χ2n) is 6.46. The van der Waals surface area contributed by atoms with E-state index in [2.05, 4.69) is 10.6 Å². The van der Waals surface area contributed by atoms with Gasteiger partial charge in [-0.1, -0.05) is 11.6 Å². The maximum Gasteiger partial charge on any atom is 0.340 e. The third kappa shape index (κ3) is 4.57. The molecule has 1 aromatic heterocycles. The maximum absolute atomic E-state index is 12.4. The first-order valence-corrected chi connectivity index (χ1v) is 9.13. The molecule has 7 nitrogen and oxygen atoms in total. The van der Waals surface area contributed by atoms with Crippen molar-refractivity contribution in [3.05, 3.63) is 63.0 Å². The number of hydrogen-bond donors (Lipinski definition) is 2. The molecule has 0 fully saturated rings. The topological polar surface area (TPSA) is 97.6 Å². The highest BCUT2D eigenvalue weighted by Gasteiger charge is 2.17. The average Bonchev–Trinajstić information content (AvgIpc) is 2.66. The standard InChI is InChI=1S/C21H19ClN2O5/c1-11-15-8-17(22)19(28-3)10-18(15)29-21(27)16(11)9-20(26)24-14-6-4-13(5-7-14)23-12(2)25/h4-8,10H,9H2,1-3H3,(H,23,25)(H,24,26). The molecule has 0 unspecified atom stereocenters. The van der Waals surface area contributed by atoms with E-state index in [0.29, 0.717) is 38.7 Å². The summed E-state index contributed by atoms with van der Waals surface area (Å²) in [5, 5.41) is 6.39. The average molecular weight is 415 g/mol. The first-order chi connectivity index (χ1) is 13.8. The molecule has 150 valence electrons. The number of benzene rings is 2. The van der Waals surface area contributed by atoms with Gasteiger partial charge >= 0.3 is 5.63 Å². The van der Waals surface area contributed by atoms with Crippen LogP contribution in [-0.2, 0) is 16.0 Å². The Balaban J connectivity index is 1.83. The van der Waals surface area contributed by atoms with Crippen LogP contribution in [0.5, 0.6) is 5.75 Å². The lowest BCUT2D eigenvalue weighted by molar-refractivity contribution is -0.116. The summed E-state index contributed by atoms with van der Waals surface area (Å²) in [4.78, 5) is 35.9. The van der Waals surface area contributed by atoms with Crippen molar-refractivity contribution in [2.75, 3.05) is 17.7 Å². The SMILES string of the molecule is COc1cc2oc(=O)c(CC(=O)Nc3ccc(NC(C)=O)cc3)c(C)c2cc1Cl. The van der Waals surface area contributed by atoms with E-state index < -0.39 is 5.63 Å². The zero-order chi connectivity index (χ0) is 21.1. The van der Waals surface area contributed by atoms with E-state index in [1.54, 1.807) is 43.3 Å². The lowest BCUT2D eigenvalue weighted by Crippen LogP contribution is -2.20. The Morgan fingerprint density at radius 3 is 2.31 bits per heavy atom. The number of nitrogens with one attached hydrogen (secondary N) is 2. The third-order valence-electron chi connectivity index (χ3n) is 4.39. The minimum absolute atomic E-state index is 0.152. The van der Waals surface area contributed by atoms with Crippen molar-refractivity contribution >= 4 is 45.8 Å². The molecule has 0 aliphatic heterocycles. The van der Waals surface area contributed by atoms with Crippen LogP contribution < -0.4 is 21.0 Å². The van der Waals surface area contributed by atoms with E-state index in [-0.39, 0.29) is 23.8 Å². The fourth-order valence-electron chi connectivity index (χ4n) is 2.96. The van der Waals surface area contributed by atoms with Gasteiger partial charge in [-0.2, -0.15) is 0 Å². The monoisotopic (exact) mass is 414 g/mol. The van der Waals surface area contributed by atoms with Crippen LogP contribution in [0.4, 0.5) is 11.4 Å². The van der Waals surface area contributed by atoms with Gasteiger partial charge in [-0.05, 0) is 42.8 Å². The summed E-state index contributed by atoms with van der Waals surface area (Å²) < 4.78 is 10.5. The fraction of sp³-hybridized carbons (Fsp3) is 0.190. The highest BCUT2D eigenvalue weighted by molar-refractivity contribution is 6.32. The quantitative estimate of drug-likeness (QED) is 0.617. The number of amides is 2. The molecular weight excluding hydrogens is 396 g/mol. The fourth-order valence-corrected chi connectivity index (χ4v) is 3.20. The zero-order valence-electron chi connectivity index (χ0n) is 16.1. The van der Waals surface area contributed by atoms with Crippen molar-refractivity contribution in [3.8, 4) is 5.75 Å². The van der Waals surface area contributed by atoms with Gasteiger partial charge in [0.15, 0.2) is 0 Å². The van der Waals surface area contributed by atoms with Gasteiger partial charge < -0.3 is 19.8 Å². The summed E-state index contributed by atoms with van der Waals surface area (Å²) in [6.07, 6.45) is -0.152. The van der Waals surface area contributed by atoms with Crippen molar-refractivity contribution in [1.29, 1.82) is 0 Å². The van der Waals surface area contributed by atoms with Gasteiger partial charge in [-0.25, -0.2) is 4.79 Å². The molecule has 3 rings (SSSR count). The van der Waals surface area contributed by atoms with Gasteiger partial charge in [0.2, 0.25) is 11.8 Å². The van der Waals surface area contributed by atoms with Crippen LogP contribution in [-0.4, -0.2) is 18.9 Å². The summed E-state index contributed by atoms with van der Waals surface area (Å²) in [6, 6.07) is 9.85. The molecule has 2 aromatic carbocycles. The summed E-state index contributed by atoms with van der Waals surface area (Å²) in [5.74, 6) is -0.153. The molecule has 0 spiro atoms. The molecule has 8 heteroatoms. The molecule has 1 heterocycles. The molecule has 0 bridgehead atoms. The van der Waals surface area contributed by atoms with Crippen LogP contribution >= 0.6 is 11.6 Å². The molecule has 0 saturated heterocycles. The van der Waals surface area contributed by atoms with Gasteiger partial charge in [0.05, 0.1) is 24.1 Å². The van der Waals surface area contributed by atoms with Gasteiger partial charge in [0.1, 0.15) is 11.3 Å². The zero-order valence-corrected chi connectivity index (χ0v) is 16.8. The Hall–Kier alpha value is -3.32. The first-order valence-electron chi connectivity index (χ1n) is 8.76. The van der Waals surface area contributed by atoms with Crippen LogP contribution in [0.25, 0.3) is 11.0 Å². The number of halogens is 1. The Morgan fingerprint density at radius 2 is 1.72 bits per heavy atom. The van der Waals surface area contributed by atoms with Crippen molar-refractivity contribution in [1.82, 2.24) is 0 Å². The number of methoxy groups -OCH3 is 1. The molecule has 0 radical (unpaired) electrons. The molecule has 0 saturated carbocycles. The first kappa shape index (κ1) is 20.4. The van der Waals surface area contributed by atoms with Crippen LogP contribution in [0.3, 0.4) is 0 Å². The summed E-state index contributed by atoms with van der Waals surface area (Å²) in [6.45, 7) is 3.16. The molecule has 0 atom stereocenters. The largest absolute Gasteiger partial charge is 0.495 e. The highest BCUT2D eigenvalue weighted by atomic mass is 35.5. The highest BCUT2D eigenvalue weighted by Crippen LogP contribution is 2.31. The van der Waals surface area contributed by atoms with Crippen molar-refractivity contribution in [3.63, 3.8) is 0 Å². The number of rotatable bonds is 5. The molecule has 0 aliphatic carbocycles. The molecule has 2 amide bonds. The lowest BCUT2D eigenvalue weighted by atomic mass is 10.0. The molecule has 29 heavy (non-hydrogen) atoms. The Bertz CT molecular complexity index is 1150. The van der Waals surface area contributed by atoms with E-state index in [0.717, 1.165) is 0 Å². The van der Waals surface area contributed by atoms with Crippen LogP contribution in [0, 0.1) is 6.92 Å². The second kappa shape index (κ2) is 8.36. The Kier molecular flexibility index (Phi) is 5.89. The minimum atomic E-state index is -0.587. The maximum atomic E-state index is 12.4. The molecule has 3 aromatic rings. The van der Waals surface area contributed by atoms with Gasteiger partial charge in [-0.3, -0.25) is 9.59 Å². The van der Waals surface area contributed by atoms with Gasteiger partial charge in [0.25, 0.3) is 0 Å². The number of anilines is 2. The number of carbonyl (C=O) groups is 2. The van der Waals surface area contributed by atoms with Crippen LogP contribution in [0.1, 0.15) is 18.1 Å². The third-order valence-corrected chi connectivity index (χ3v) is 4.68. The number of ether oxygens (including phenoxy) is 1. The molecule has 0 aliphatic rings. The number of fused-ring (bicyclic) bond motifs is 1. The number of hydrogen-bond acceptors (Lipinski definition) is 5. The summed E-state index contributed by atoms with van der Waals surface area (Å²) in [7, 11) is 1.47. The lowest BCUT2D eigenvalue weighted by Gasteiger charge is -2.11. The van der Waals surface area contributed by atoms with Crippen LogP contribution in [0.15, 0.2) is 45.6 Å². The predicted octanol–water partition coefficient (Wildman–Crippen LogP) is 3.90. The molecular formula is C21H19ClN2O5. The van der Waals surface area contributed by atoms with Crippen molar-refractivity contribution < 1.29 is 18.7 Å². The minimum Gasteiger partial charge on any atom is -0.495 e. The Labute approximate surface area is 171 Å². The van der Waals surface area contributed by atoms with Crippen LogP contribution in [0.2, 0.25) is 5.02 Å². The smallest absolute Gasteiger partial charge is 0.340 e. The van der Waals surface area contributed by atoms with Crippen molar-refractivity contribution in [2.24, 2.45) is 0 Å². The number of aryl methyl sites for hydroxylation is 1. The summed E-state index contributed by atoms with van der Waals surface area (Å²) >= 11 is 6.17. The van der Waals surface area contributed by atoms with E-state index in [1.807, 2.05) is 0 Å². The van der Waals surface area contributed by atoms with Gasteiger partial charge in [-0.15, -0.1) is 0 Å². The van der Waals surface area contributed by atoms with E-state index in [4.69, 9.17) is 20.8 Å². The summed E-state index contributed by atoms with van der Waals surface area (Å²) in [5.41, 5.74) is 1.79. The molecule has 2 N–H and O–H groups in total. The van der Waals surface area contributed by atoms with E-state index >= 15 is 0 Å².